The van der Waals surface area contributed by atoms with Crippen LogP contribution in [0.5, 0.6) is 0 Å². The van der Waals surface area contributed by atoms with E-state index >= 15 is 0 Å². The molecule has 3 unspecified atom stereocenters. The van der Waals surface area contributed by atoms with E-state index < -0.39 is 58.9 Å². The number of carbonyl (C=O) groups is 5. The number of Topliss-reactive ketones (excluding diaryl/α,β-unsaturated/α-hetero) is 2. The summed E-state index contributed by atoms with van der Waals surface area (Å²) in [6.45, 7) is 7.64. The first-order valence-corrected chi connectivity index (χ1v) is 9.99. The molecule has 0 aliphatic carbocycles. The number of cyclic esters (lactones) is 1. The molecule has 168 valence electrons. The predicted molar refractivity (Wildman–Crippen MR) is 103 cm³/mol. The van der Waals surface area contributed by atoms with Crippen LogP contribution in [-0.4, -0.2) is 53.6 Å². The number of fused-ring (bicyclic) bond motifs is 1. The molecule has 3 N–H and O–H groups in total. The number of ketones is 2. The lowest BCUT2D eigenvalue weighted by Crippen LogP contribution is -2.52. The zero-order chi connectivity index (χ0) is 22.9. The molecule has 2 fully saturated rings. The average molecular weight is 426 g/mol. The van der Waals surface area contributed by atoms with Crippen LogP contribution in [0.2, 0.25) is 0 Å². The molecule has 0 radical (unpaired) electrons. The zero-order valence-corrected chi connectivity index (χ0v) is 18.0. The maximum Gasteiger partial charge on any atom is 0.408 e. The van der Waals surface area contributed by atoms with Crippen molar-refractivity contribution in [3.8, 4) is 0 Å². The van der Waals surface area contributed by atoms with Gasteiger partial charge in [-0.15, -0.1) is 0 Å². The summed E-state index contributed by atoms with van der Waals surface area (Å²) in [5.74, 6) is -3.63. The van der Waals surface area contributed by atoms with E-state index in [1.165, 1.54) is 6.92 Å². The Bertz CT molecular complexity index is 753. The van der Waals surface area contributed by atoms with E-state index in [0.29, 0.717) is 0 Å². The van der Waals surface area contributed by atoms with Gasteiger partial charge in [0.25, 0.3) is 0 Å². The Balaban J connectivity index is 2.40. The van der Waals surface area contributed by atoms with Crippen molar-refractivity contribution >= 4 is 29.7 Å². The molecule has 2 aliphatic rings. The van der Waals surface area contributed by atoms with Gasteiger partial charge in [0, 0.05) is 18.3 Å². The van der Waals surface area contributed by atoms with Gasteiger partial charge in [0.05, 0.1) is 6.04 Å². The van der Waals surface area contributed by atoms with Crippen molar-refractivity contribution in [3.05, 3.63) is 0 Å². The van der Waals surface area contributed by atoms with E-state index in [1.54, 1.807) is 27.7 Å². The maximum atomic E-state index is 13.1. The highest BCUT2D eigenvalue weighted by Crippen LogP contribution is 2.34. The highest BCUT2D eigenvalue weighted by molar-refractivity contribution is 5.98. The number of esters is 1. The number of nitrogens with one attached hydrogen (secondary N) is 1. The summed E-state index contributed by atoms with van der Waals surface area (Å²) in [6, 6.07) is -0.745. The second-order valence-electron chi connectivity index (χ2n) is 8.79. The van der Waals surface area contributed by atoms with E-state index in [0.717, 1.165) is 0 Å². The second kappa shape index (κ2) is 8.61. The van der Waals surface area contributed by atoms with Gasteiger partial charge in [-0.2, -0.15) is 0 Å². The van der Waals surface area contributed by atoms with Gasteiger partial charge in [0.15, 0.2) is 5.60 Å². The van der Waals surface area contributed by atoms with Crippen LogP contribution in [0.1, 0.15) is 53.9 Å². The summed E-state index contributed by atoms with van der Waals surface area (Å²) in [5, 5.41) is 2.62. The Kier molecular flexibility index (Phi) is 6.78. The Morgan fingerprint density at radius 1 is 1.17 bits per heavy atom. The van der Waals surface area contributed by atoms with Crippen LogP contribution < -0.4 is 11.1 Å². The van der Waals surface area contributed by atoms with Crippen LogP contribution in [0.3, 0.4) is 0 Å². The molecule has 0 aromatic carbocycles. The van der Waals surface area contributed by atoms with E-state index in [-0.39, 0.29) is 31.7 Å². The zero-order valence-electron chi connectivity index (χ0n) is 18.0. The molecule has 2 rings (SSSR count). The number of nitrogens with two attached hydrogens (primary N) is 1. The van der Waals surface area contributed by atoms with Gasteiger partial charge in [0.2, 0.25) is 0 Å². The monoisotopic (exact) mass is 426 g/mol. The first-order valence-electron chi connectivity index (χ1n) is 9.99. The number of ether oxygens (including phenoxy) is 3. The van der Waals surface area contributed by atoms with Gasteiger partial charge in [0.1, 0.15) is 29.7 Å². The standard InChI is InChI=1S/C20H30N2O8/c1-10-8-19(4,29-17(21)26)7-6-13(23)11(2)16(25)28-9-20(5)15(12(3)14(10)24)22-18(27)30-20/h10-12,15H,6-9H2,1-5H3,(H2,21,26)(H,22,27)/t10-,11?,12?,15?,19+,20-/m1/s1. The van der Waals surface area contributed by atoms with Crippen molar-refractivity contribution < 1.29 is 38.2 Å². The van der Waals surface area contributed by atoms with Crippen LogP contribution >= 0.6 is 0 Å². The second-order valence-corrected chi connectivity index (χ2v) is 8.79. The van der Waals surface area contributed by atoms with Gasteiger partial charge in [-0.1, -0.05) is 13.8 Å². The topological polar surface area (TPSA) is 151 Å². The van der Waals surface area contributed by atoms with E-state index in [1.807, 2.05) is 0 Å². The molecule has 0 saturated carbocycles. The molecule has 10 nitrogen and oxygen atoms in total. The van der Waals surface area contributed by atoms with Crippen LogP contribution in [-0.2, 0) is 28.6 Å². The molecule has 0 aromatic heterocycles. The highest BCUT2D eigenvalue weighted by atomic mass is 16.6. The average Bonchev–Trinajstić information content (AvgIpc) is 2.95. The molecule has 2 amide bonds. The minimum atomic E-state index is -1.28. The number of hydrogen-bond donors (Lipinski definition) is 2. The molecule has 10 heteroatoms. The van der Waals surface area contributed by atoms with Crippen LogP contribution in [0.4, 0.5) is 9.59 Å². The molecule has 0 bridgehead atoms. The van der Waals surface area contributed by atoms with Crippen LogP contribution in [0.25, 0.3) is 0 Å². The smallest absolute Gasteiger partial charge is 0.408 e. The molecule has 6 atom stereocenters. The van der Waals surface area contributed by atoms with Crippen molar-refractivity contribution in [2.24, 2.45) is 23.5 Å². The number of amides is 2. The molecule has 2 aliphatic heterocycles. The summed E-state index contributed by atoms with van der Waals surface area (Å²) in [5.41, 5.74) is 2.74. The molecule has 0 spiro atoms. The lowest BCUT2D eigenvalue weighted by molar-refractivity contribution is -0.158. The van der Waals surface area contributed by atoms with Gasteiger partial charge in [-0.05, 0) is 33.6 Å². The van der Waals surface area contributed by atoms with Crippen molar-refractivity contribution in [1.82, 2.24) is 5.32 Å². The van der Waals surface area contributed by atoms with Gasteiger partial charge < -0.3 is 25.3 Å². The third-order valence-electron chi connectivity index (χ3n) is 6.01. The highest BCUT2D eigenvalue weighted by Gasteiger charge is 2.51. The molecule has 30 heavy (non-hydrogen) atoms. The number of primary amides is 1. The minimum absolute atomic E-state index is 0.0626. The van der Waals surface area contributed by atoms with Gasteiger partial charge in [-0.25, -0.2) is 9.59 Å². The summed E-state index contributed by atoms with van der Waals surface area (Å²) < 4.78 is 15.8. The first-order chi connectivity index (χ1) is 13.8. The lowest BCUT2D eigenvalue weighted by Gasteiger charge is -2.35. The Labute approximate surface area is 175 Å². The number of rotatable bonds is 1. The fraction of sp³-hybridized carbons (Fsp3) is 0.750. The van der Waals surface area contributed by atoms with Crippen LogP contribution in [0, 0.1) is 17.8 Å². The summed E-state index contributed by atoms with van der Waals surface area (Å²) >= 11 is 0. The molecule has 2 heterocycles. The van der Waals surface area contributed by atoms with E-state index in [2.05, 4.69) is 5.32 Å². The maximum absolute atomic E-state index is 13.1. The third kappa shape index (κ3) is 5.09. The van der Waals surface area contributed by atoms with Crippen molar-refractivity contribution in [2.75, 3.05) is 6.61 Å². The number of carbonyl (C=O) groups excluding carboxylic acids is 5. The van der Waals surface area contributed by atoms with Crippen molar-refractivity contribution in [2.45, 2.75) is 71.1 Å². The van der Waals surface area contributed by atoms with Gasteiger partial charge >= 0.3 is 18.2 Å². The summed E-state index contributed by atoms with van der Waals surface area (Å²) in [6.07, 6.45) is -1.58. The van der Waals surface area contributed by atoms with E-state index in [9.17, 15) is 24.0 Å². The van der Waals surface area contributed by atoms with Crippen molar-refractivity contribution in [1.29, 1.82) is 0 Å². The molecular weight excluding hydrogens is 396 g/mol. The van der Waals surface area contributed by atoms with E-state index in [4.69, 9.17) is 19.9 Å². The molecule has 0 aromatic rings. The Hall–Kier alpha value is -2.65. The largest absolute Gasteiger partial charge is 0.461 e. The van der Waals surface area contributed by atoms with Crippen LogP contribution in [0.15, 0.2) is 0 Å². The normalized spacial score (nSPS) is 38.6. The Morgan fingerprint density at radius 2 is 1.80 bits per heavy atom. The third-order valence-corrected chi connectivity index (χ3v) is 6.01. The summed E-state index contributed by atoms with van der Waals surface area (Å²) in [4.78, 5) is 61.3. The fourth-order valence-corrected chi connectivity index (χ4v) is 4.23. The van der Waals surface area contributed by atoms with Crippen molar-refractivity contribution in [3.63, 3.8) is 0 Å². The molecule has 2 saturated heterocycles. The SMILES string of the molecule is CC1C(=O)CC[C@](C)(OC(N)=O)C[C@@H](C)C(=O)C(C)C2NC(=O)O[C@]2(C)COC1=O. The molecular formula is C20H30N2O8. The lowest BCUT2D eigenvalue weighted by atomic mass is 9.77. The Morgan fingerprint density at radius 3 is 2.40 bits per heavy atom. The fourth-order valence-electron chi connectivity index (χ4n) is 4.23. The summed E-state index contributed by atoms with van der Waals surface area (Å²) in [7, 11) is 0. The number of hydrogen-bond acceptors (Lipinski definition) is 8. The number of alkyl carbamates (subject to hydrolysis) is 1. The predicted octanol–water partition coefficient (Wildman–Crippen LogP) is 1.48. The first kappa shape index (κ1) is 23.6. The van der Waals surface area contributed by atoms with Gasteiger partial charge in [-0.3, -0.25) is 14.4 Å². The quantitative estimate of drug-likeness (QED) is 0.363. The minimum Gasteiger partial charge on any atom is -0.461 e.